The molecule has 3 nitrogen and oxygen atoms in total. The fraction of sp³-hybridized carbons (Fsp3) is 0.118. The Morgan fingerprint density at radius 3 is 2.65 bits per heavy atom. The molecule has 1 heterocycles. The number of hydrogen-bond donors (Lipinski definition) is 1. The van der Waals surface area contributed by atoms with Crippen LogP contribution in [0.3, 0.4) is 0 Å². The molecule has 0 aliphatic carbocycles. The van der Waals surface area contributed by atoms with Gasteiger partial charge in [-0.05, 0) is 24.6 Å². The maximum atomic E-state index is 5.71. The normalized spacial score (nSPS) is 10.7. The molecule has 2 N–H and O–H groups in total. The van der Waals surface area contributed by atoms with Gasteiger partial charge in [0.2, 0.25) is 0 Å². The topological polar surface area (TPSA) is 43.8 Å². The molecular weight excluding hydrogens is 246 g/mol. The molecule has 20 heavy (non-hydrogen) atoms. The summed E-state index contributed by atoms with van der Waals surface area (Å²) in [6.45, 7) is 2.63. The highest BCUT2D eigenvalue weighted by Crippen LogP contribution is 2.23. The van der Waals surface area contributed by atoms with E-state index in [1.165, 1.54) is 5.56 Å². The molecule has 100 valence electrons. The lowest BCUT2D eigenvalue weighted by Crippen LogP contribution is -2.00. The molecule has 0 unspecified atom stereocenters. The first-order chi connectivity index (χ1) is 9.78. The van der Waals surface area contributed by atoms with E-state index in [4.69, 9.17) is 5.73 Å². The number of rotatable bonds is 3. The summed E-state index contributed by atoms with van der Waals surface area (Å²) in [7, 11) is 0. The van der Waals surface area contributed by atoms with Crippen molar-refractivity contribution in [2.45, 2.75) is 13.5 Å². The van der Waals surface area contributed by atoms with E-state index < -0.39 is 0 Å². The number of imidazole rings is 1. The molecule has 2 aromatic carbocycles. The van der Waals surface area contributed by atoms with Crippen LogP contribution in [0, 0.1) is 6.92 Å². The fourth-order valence-corrected chi connectivity index (χ4v) is 2.27. The van der Waals surface area contributed by atoms with Crippen molar-refractivity contribution in [2.75, 3.05) is 0 Å². The lowest BCUT2D eigenvalue weighted by atomic mass is 10.1. The second-order valence-corrected chi connectivity index (χ2v) is 4.89. The highest BCUT2D eigenvalue weighted by Gasteiger charge is 2.07. The third kappa shape index (κ3) is 2.36. The van der Waals surface area contributed by atoms with E-state index in [0.717, 1.165) is 22.5 Å². The van der Waals surface area contributed by atoms with E-state index in [0.29, 0.717) is 6.54 Å². The number of nitrogens with zero attached hydrogens (tertiary/aromatic N) is 2. The minimum Gasteiger partial charge on any atom is -0.326 e. The second-order valence-electron chi connectivity index (χ2n) is 4.89. The third-order valence-corrected chi connectivity index (χ3v) is 3.41. The maximum Gasteiger partial charge on any atom is 0.0997 e. The van der Waals surface area contributed by atoms with Crippen molar-refractivity contribution in [3.63, 3.8) is 0 Å². The second kappa shape index (κ2) is 5.31. The van der Waals surface area contributed by atoms with Crippen molar-refractivity contribution >= 4 is 0 Å². The van der Waals surface area contributed by atoms with E-state index >= 15 is 0 Å². The standard InChI is InChI=1S/C17H17N3/c1-13-5-7-15(8-6-13)17-11-19-12-20(17)16-4-2-3-14(9-16)10-18/h2-9,11-12H,10,18H2,1H3. The van der Waals surface area contributed by atoms with Crippen LogP contribution in [0.2, 0.25) is 0 Å². The summed E-state index contributed by atoms with van der Waals surface area (Å²) in [4.78, 5) is 4.28. The summed E-state index contributed by atoms with van der Waals surface area (Å²) in [6.07, 6.45) is 3.73. The van der Waals surface area contributed by atoms with Gasteiger partial charge in [-0.2, -0.15) is 0 Å². The SMILES string of the molecule is Cc1ccc(-c2cncn2-c2cccc(CN)c2)cc1. The Balaban J connectivity index is 2.07. The Morgan fingerprint density at radius 2 is 1.90 bits per heavy atom. The van der Waals surface area contributed by atoms with Gasteiger partial charge in [0.15, 0.2) is 0 Å². The van der Waals surface area contributed by atoms with Gasteiger partial charge in [-0.25, -0.2) is 4.98 Å². The van der Waals surface area contributed by atoms with Gasteiger partial charge in [-0.1, -0.05) is 42.0 Å². The first-order valence-electron chi connectivity index (χ1n) is 6.67. The van der Waals surface area contributed by atoms with Gasteiger partial charge in [0.25, 0.3) is 0 Å². The summed E-state index contributed by atoms with van der Waals surface area (Å²) >= 11 is 0. The Hall–Kier alpha value is -2.39. The van der Waals surface area contributed by atoms with Crippen LogP contribution < -0.4 is 5.73 Å². The highest BCUT2D eigenvalue weighted by atomic mass is 15.0. The predicted octanol–water partition coefficient (Wildman–Crippen LogP) is 3.31. The van der Waals surface area contributed by atoms with E-state index in [-0.39, 0.29) is 0 Å². The summed E-state index contributed by atoms with van der Waals surface area (Å²) in [5.41, 5.74) is 11.4. The van der Waals surface area contributed by atoms with Gasteiger partial charge in [-0.3, -0.25) is 4.57 Å². The Labute approximate surface area is 118 Å². The molecule has 0 fully saturated rings. The number of nitrogens with two attached hydrogens (primary N) is 1. The van der Waals surface area contributed by atoms with Gasteiger partial charge >= 0.3 is 0 Å². The van der Waals surface area contributed by atoms with Gasteiger partial charge < -0.3 is 5.73 Å². The molecule has 3 aromatic rings. The quantitative estimate of drug-likeness (QED) is 0.788. The Morgan fingerprint density at radius 1 is 1.10 bits per heavy atom. The molecule has 0 radical (unpaired) electrons. The summed E-state index contributed by atoms with van der Waals surface area (Å²) in [6, 6.07) is 16.7. The van der Waals surface area contributed by atoms with Crippen LogP contribution in [-0.2, 0) is 6.54 Å². The Bertz CT molecular complexity index is 711. The van der Waals surface area contributed by atoms with E-state index in [1.807, 2.05) is 24.7 Å². The fourth-order valence-electron chi connectivity index (χ4n) is 2.27. The molecule has 3 rings (SSSR count). The monoisotopic (exact) mass is 263 g/mol. The highest BCUT2D eigenvalue weighted by molar-refractivity contribution is 5.62. The lowest BCUT2D eigenvalue weighted by molar-refractivity contribution is 1.03. The number of aromatic nitrogens is 2. The summed E-state index contributed by atoms with van der Waals surface area (Å²) in [5.74, 6) is 0. The summed E-state index contributed by atoms with van der Waals surface area (Å²) < 4.78 is 2.09. The zero-order valence-corrected chi connectivity index (χ0v) is 11.5. The van der Waals surface area contributed by atoms with Crippen LogP contribution in [0.25, 0.3) is 16.9 Å². The van der Waals surface area contributed by atoms with Crippen LogP contribution >= 0.6 is 0 Å². The molecule has 3 heteroatoms. The van der Waals surface area contributed by atoms with Crippen LogP contribution in [0.5, 0.6) is 0 Å². The van der Waals surface area contributed by atoms with Gasteiger partial charge in [0, 0.05) is 17.8 Å². The molecule has 1 aromatic heterocycles. The molecular formula is C17H17N3. The number of aryl methyl sites for hydroxylation is 1. The maximum absolute atomic E-state index is 5.71. The average Bonchev–Trinajstić information content (AvgIpc) is 2.97. The van der Waals surface area contributed by atoms with Crippen molar-refractivity contribution in [3.05, 3.63) is 72.2 Å². The van der Waals surface area contributed by atoms with Gasteiger partial charge in [0.05, 0.1) is 18.2 Å². The first kappa shape index (κ1) is 12.6. The molecule has 0 aliphatic rings. The summed E-state index contributed by atoms with van der Waals surface area (Å²) in [5, 5.41) is 0. The Kier molecular flexibility index (Phi) is 3.35. The van der Waals surface area contributed by atoms with E-state index in [1.54, 1.807) is 0 Å². The largest absolute Gasteiger partial charge is 0.326 e. The van der Waals surface area contributed by atoms with Crippen molar-refractivity contribution < 1.29 is 0 Å². The van der Waals surface area contributed by atoms with E-state index in [2.05, 4.69) is 52.9 Å². The van der Waals surface area contributed by atoms with Crippen molar-refractivity contribution in [1.82, 2.24) is 9.55 Å². The van der Waals surface area contributed by atoms with E-state index in [9.17, 15) is 0 Å². The molecule has 0 saturated carbocycles. The minimum atomic E-state index is 0.544. The average molecular weight is 263 g/mol. The van der Waals surface area contributed by atoms with Crippen molar-refractivity contribution in [3.8, 4) is 16.9 Å². The predicted molar refractivity (Wildman–Crippen MR) is 81.6 cm³/mol. The van der Waals surface area contributed by atoms with Crippen LogP contribution in [0.4, 0.5) is 0 Å². The molecule has 0 saturated heterocycles. The lowest BCUT2D eigenvalue weighted by Gasteiger charge is -2.10. The molecule has 0 bridgehead atoms. The van der Waals surface area contributed by atoms with Crippen LogP contribution in [0.1, 0.15) is 11.1 Å². The molecule has 0 spiro atoms. The first-order valence-corrected chi connectivity index (χ1v) is 6.67. The van der Waals surface area contributed by atoms with Crippen molar-refractivity contribution in [2.24, 2.45) is 5.73 Å². The molecule has 0 amide bonds. The zero-order chi connectivity index (χ0) is 13.9. The number of benzene rings is 2. The van der Waals surface area contributed by atoms with Crippen molar-refractivity contribution in [1.29, 1.82) is 0 Å². The third-order valence-electron chi connectivity index (χ3n) is 3.41. The number of hydrogen-bond acceptors (Lipinski definition) is 2. The minimum absolute atomic E-state index is 0.544. The van der Waals surface area contributed by atoms with Crippen LogP contribution in [0.15, 0.2) is 61.1 Å². The van der Waals surface area contributed by atoms with Gasteiger partial charge in [0.1, 0.15) is 0 Å². The molecule has 0 atom stereocenters. The molecule has 0 aliphatic heterocycles. The van der Waals surface area contributed by atoms with Crippen LogP contribution in [-0.4, -0.2) is 9.55 Å². The zero-order valence-electron chi connectivity index (χ0n) is 11.5. The van der Waals surface area contributed by atoms with Gasteiger partial charge in [-0.15, -0.1) is 0 Å². The smallest absolute Gasteiger partial charge is 0.0997 e.